The van der Waals surface area contributed by atoms with Gasteiger partial charge in [-0.15, -0.1) is 12.4 Å². The molecular weight excluding hydrogens is 337 g/mol. The molecule has 0 unspecified atom stereocenters. The van der Waals surface area contributed by atoms with Gasteiger partial charge in [-0.3, -0.25) is 9.59 Å². The normalized spacial score (nSPS) is 9.71. The molecule has 0 heterocycles. The highest BCUT2D eigenvalue weighted by Crippen LogP contribution is 2.24. The van der Waals surface area contributed by atoms with Crippen LogP contribution in [-0.4, -0.2) is 36.9 Å². The van der Waals surface area contributed by atoms with Crippen LogP contribution < -0.4 is 11.1 Å². The summed E-state index contributed by atoms with van der Waals surface area (Å²) in [6.07, 6.45) is 0.949. The number of hydrogen-bond acceptors (Lipinski definition) is 3. The fourth-order valence-electron chi connectivity index (χ4n) is 1.52. The van der Waals surface area contributed by atoms with Gasteiger partial charge in [0.05, 0.1) is 16.6 Å². The van der Waals surface area contributed by atoms with Crippen molar-refractivity contribution in [3.05, 3.63) is 28.2 Å². The summed E-state index contributed by atoms with van der Waals surface area (Å²) in [7, 11) is 1.58. The molecule has 0 aliphatic carbocycles. The molecule has 2 amide bonds. The van der Waals surface area contributed by atoms with E-state index in [1.54, 1.807) is 25.2 Å². The van der Waals surface area contributed by atoms with Crippen molar-refractivity contribution in [1.82, 2.24) is 4.90 Å². The Balaban J connectivity index is 0.00000400. The minimum atomic E-state index is -0.299. The van der Waals surface area contributed by atoms with Gasteiger partial charge < -0.3 is 16.0 Å². The zero-order chi connectivity index (χ0) is 15.1. The Labute approximate surface area is 140 Å². The van der Waals surface area contributed by atoms with Crippen molar-refractivity contribution < 1.29 is 9.59 Å². The van der Waals surface area contributed by atoms with Crippen LogP contribution in [0.4, 0.5) is 5.69 Å². The predicted molar refractivity (Wildman–Crippen MR) is 88.3 cm³/mol. The van der Waals surface area contributed by atoms with E-state index >= 15 is 0 Å². The van der Waals surface area contributed by atoms with E-state index in [-0.39, 0.29) is 30.8 Å². The fraction of sp³-hybridized carbons (Fsp3) is 0.385. The highest BCUT2D eigenvalue weighted by molar-refractivity contribution is 6.42. The number of anilines is 1. The molecular formula is C13H18Cl3N3O2. The molecule has 0 radical (unpaired) electrons. The van der Waals surface area contributed by atoms with Crippen molar-refractivity contribution in [1.29, 1.82) is 0 Å². The maximum Gasteiger partial charge on any atom is 0.243 e. The maximum absolute atomic E-state index is 11.8. The van der Waals surface area contributed by atoms with Crippen molar-refractivity contribution >= 4 is 53.1 Å². The van der Waals surface area contributed by atoms with Gasteiger partial charge in [-0.2, -0.15) is 0 Å². The average Bonchev–Trinajstić information content (AvgIpc) is 2.40. The zero-order valence-electron chi connectivity index (χ0n) is 11.6. The Hall–Kier alpha value is -1.01. The number of benzene rings is 1. The predicted octanol–water partition coefficient (Wildman–Crippen LogP) is 2.55. The Bertz CT molecular complexity index is 498. The minimum Gasteiger partial charge on any atom is -0.336 e. The lowest BCUT2D eigenvalue weighted by Gasteiger charge is -2.16. The largest absolute Gasteiger partial charge is 0.336 e. The lowest BCUT2D eigenvalue weighted by atomic mass is 10.3. The molecule has 3 N–H and O–H groups in total. The van der Waals surface area contributed by atoms with Crippen LogP contribution in [0.15, 0.2) is 18.2 Å². The van der Waals surface area contributed by atoms with E-state index in [2.05, 4.69) is 5.32 Å². The molecule has 1 aromatic carbocycles. The Kier molecular flexibility index (Phi) is 9.37. The van der Waals surface area contributed by atoms with Crippen LogP contribution in [0.2, 0.25) is 10.0 Å². The smallest absolute Gasteiger partial charge is 0.243 e. The van der Waals surface area contributed by atoms with Crippen molar-refractivity contribution in [3.63, 3.8) is 0 Å². The number of amides is 2. The van der Waals surface area contributed by atoms with Gasteiger partial charge in [0.25, 0.3) is 0 Å². The monoisotopic (exact) mass is 353 g/mol. The maximum atomic E-state index is 11.8. The summed E-state index contributed by atoms with van der Waals surface area (Å²) in [6, 6.07) is 4.79. The highest BCUT2D eigenvalue weighted by Gasteiger charge is 2.12. The van der Waals surface area contributed by atoms with Gasteiger partial charge >= 0.3 is 0 Å². The van der Waals surface area contributed by atoms with Gasteiger partial charge in [0.15, 0.2) is 0 Å². The number of hydrogen-bond donors (Lipinski definition) is 2. The summed E-state index contributed by atoms with van der Waals surface area (Å²) < 4.78 is 0. The molecule has 0 atom stereocenters. The number of carbonyl (C=O) groups is 2. The summed E-state index contributed by atoms with van der Waals surface area (Å²) in [4.78, 5) is 24.8. The number of nitrogens with one attached hydrogen (secondary N) is 1. The number of carbonyl (C=O) groups excluding carboxylic acids is 2. The molecule has 0 bridgehead atoms. The molecule has 0 aromatic heterocycles. The quantitative estimate of drug-likeness (QED) is 0.824. The molecule has 0 fully saturated rings. The first-order chi connectivity index (χ1) is 9.43. The van der Waals surface area contributed by atoms with Gasteiger partial charge in [0.2, 0.25) is 11.8 Å². The van der Waals surface area contributed by atoms with Crippen molar-refractivity contribution in [2.75, 3.05) is 25.5 Å². The average molecular weight is 355 g/mol. The van der Waals surface area contributed by atoms with E-state index < -0.39 is 0 Å². The summed E-state index contributed by atoms with van der Waals surface area (Å²) >= 11 is 11.6. The second kappa shape index (κ2) is 9.84. The highest BCUT2D eigenvalue weighted by atomic mass is 35.5. The van der Waals surface area contributed by atoms with Crippen LogP contribution in [0.1, 0.15) is 12.8 Å². The fourth-order valence-corrected chi connectivity index (χ4v) is 1.82. The molecule has 118 valence electrons. The van der Waals surface area contributed by atoms with Gasteiger partial charge in [-0.1, -0.05) is 23.2 Å². The van der Waals surface area contributed by atoms with Crippen molar-refractivity contribution in [2.24, 2.45) is 5.73 Å². The van der Waals surface area contributed by atoms with E-state index in [4.69, 9.17) is 28.9 Å². The van der Waals surface area contributed by atoms with Crippen LogP contribution in [0, 0.1) is 0 Å². The third kappa shape index (κ3) is 7.00. The summed E-state index contributed by atoms with van der Waals surface area (Å²) in [5.41, 5.74) is 5.87. The molecule has 0 aliphatic heterocycles. The van der Waals surface area contributed by atoms with E-state index in [1.165, 1.54) is 4.90 Å². The molecule has 0 spiro atoms. The lowest BCUT2D eigenvalue weighted by Crippen LogP contribution is -2.35. The Morgan fingerprint density at radius 2 is 1.95 bits per heavy atom. The van der Waals surface area contributed by atoms with Gasteiger partial charge in [0, 0.05) is 19.2 Å². The first-order valence-electron chi connectivity index (χ1n) is 6.13. The first kappa shape index (κ1) is 20.0. The number of nitrogens with two attached hydrogens (primary N) is 1. The standard InChI is InChI=1S/C13H17Cl2N3O2.ClH/c1-18(13(20)3-2-6-16)8-12(19)17-9-4-5-10(14)11(15)7-9;/h4-5,7H,2-3,6,8,16H2,1H3,(H,17,19);1H. The zero-order valence-corrected chi connectivity index (χ0v) is 13.9. The SMILES string of the molecule is CN(CC(=O)Nc1ccc(Cl)c(Cl)c1)C(=O)CCCN.Cl. The molecule has 0 saturated carbocycles. The third-order valence-electron chi connectivity index (χ3n) is 2.60. The Morgan fingerprint density at radius 3 is 2.52 bits per heavy atom. The van der Waals surface area contributed by atoms with Crippen LogP contribution >= 0.6 is 35.6 Å². The minimum absolute atomic E-state index is 0. The van der Waals surface area contributed by atoms with Crippen LogP contribution in [0.5, 0.6) is 0 Å². The second-order valence-corrected chi connectivity index (χ2v) is 5.13. The van der Waals surface area contributed by atoms with Gasteiger partial charge in [0.1, 0.15) is 0 Å². The Morgan fingerprint density at radius 1 is 1.29 bits per heavy atom. The molecule has 1 rings (SSSR count). The van der Waals surface area contributed by atoms with E-state index in [1.807, 2.05) is 0 Å². The van der Waals surface area contributed by atoms with E-state index in [0.717, 1.165) is 0 Å². The van der Waals surface area contributed by atoms with Crippen molar-refractivity contribution in [2.45, 2.75) is 12.8 Å². The van der Waals surface area contributed by atoms with Crippen LogP contribution in [-0.2, 0) is 9.59 Å². The number of likely N-dealkylation sites (N-methyl/N-ethyl adjacent to an activating group) is 1. The lowest BCUT2D eigenvalue weighted by molar-refractivity contribution is -0.133. The molecule has 5 nitrogen and oxygen atoms in total. The molecule has 1 aromatic rings. The number of halogens is 3. The summed E-state index contributed by atoms with van der Waals surface area (Å²) in [6.45, 7) is 0.429. The molecule has 0 saturated heterocycles. The van der Waals surface area contributed by atoms with Crippen LogP contribution in [0.3, 0.4) is 0 Å². The number of nitrogens with zero attached hydrogens (tertiary/aromatic N) is 1. The molecule has 8 heteroatoms. The molecule has 21 heavy (non-hydrogen) atoms. The van der Waals surface area contributed by atoms with E-state index in [0.29, 0.717) is 35.1 Å². The van der Waals surface area contributed by atoms with Crippen molar-refractivity contribution in [3.8, 4) is 0 Å². The summed E-state index contributed by atoms with van der Waals surface area (Å²) in [5, 5.41) is 3.42. The summed E-state index contributed by atoms with van der Waals surface area (Å²) in [5.74, 6) is -0.410. The van der Waals surface area contributed by atoms with E-state index in [9.17, 15) is 9.59 Å². The van der Waals surface area contributed by atoms with Crippen LogP contribution in [0.25, 0.3) is 0 Å². The second-order valence-electron chi connectivity index (χ2n) is 4.32. The number of rotatable bonds is 6. The van der Waals surface area contributed by atoms with Gasteiger partial charge in [-0.25, -0.2) is 0 Å². The first-order valence-corrected chi connectivity index (χ1v) is 6.88. The van der Waals surface area contributed by atoms with Gasteiger partial charge in [-0.05, 0) is 31.2 Å². The topological polar surface area (TPSA) is 75.4 Å². The third-order valence-corrected chi connectivity index (χ3v) is 3.34. The molecule has 0 aliphatic rings.